The van der Waals surface area contributed by atoms with Crippen LogP contribution in [0.15, 0.2) is 0 Å². The van der Waals surface area contributed by atoms with Crippen LogP contribution in [0.2, 0.25) is 0 Å². The molecule has 0 aromatic rings. The van der Waals surface area contributed by atoms with Crippen molar-refractivity contribution < 1.29 is 14.3 Å². The lowest BCUT2D eigenvalue weighted by atomic mass is 9.70. The lowest BCUT2D eigenvalue weighted by Crippen LogP contribution is -2.34. The van der Waals surface area contributed by atoms with E-state index in [0.29, 0.717) is 18.2 Å². The first-order valence-electron chi connectivity index (χ1n) is 5.54. The molecule has 2 aliphatic carbocycles. The summed E-state index contributed by atoms with van der Waals surface area (Å²) in [6.07, 6.45) is 2.07. The van der Waals surface area contributed by atoms with Gasteiger partial charge in [0.2, 0.25) is 0 Å². The average molecular weight is 210 g/mol. The number of carbonyl (C=O) groups is 2. The molecular formula is C12H18O3. The predicted molar refractivity (Wildman–Crippen MR) is 55.1 cm³/mol. The molecule has 0 radical (unpaired) electrons. The Labute approximate surface area is 90.2 Å². The van der Waals surface area contributed by atoms with E-state index in [2.05, 4.69) is 20.8 Å². The second-order valence-corrected chi connectivity index (χ2v) is 5.60. The minimum Gasteiger partial charge on any atom is -0.467 e. The SMILES string of the molecule is CC1(C)[C@H]2CC[C@]1(C)C(=O)[C@H]2COC=O. The van der Waals surface area contributed by atoms with Crippen molar-refractivity contribution in [1.82, 2.24) is 0 Å². The van der Waals surface area contributed by atoms with Crippen LogP contribution in [0.25, 0.3) is 0 Å². The third-order valence-electron chi connectivity index (χ3n) is 5.01. The predicted octanol–water partition coefficient (Wildman–Crippen LogP) is 1.80. The Balaban J connectivity index is 2.26. The molecule has 3 nitrogen and oxygen atoms in total. The average Bonchev–Trinajstić information content (AvgIpc) is 2.48. The van der Waals surface area contributed by atoms with Crippen LogP contribution in [-0.2, 0) is 14.3 Å². The molecule has 2 aliphatic rings. The van der Waals surface area contributed by atoms with Crippen molar-refractivity contribution >= 4 is 12.3 Å². The highest BCUT2D eigenvalue weighted by Gasteiger charge is 2.66. The van der Waals surface area contributed by atoms with Gasteiger partial charge in [-0.05, 0) is 24.2 Å². The maximum atomic E-state index is 12.2. The first-order valence-corrected chi connectivity index (χ1v) is 5.54. The summed E-state index contributed by atoms with van der Waals surface area (Å²) in [6.45, 7) is 7.11. The minimum absolute atomic E-state index is 0.0565. The Kier molecular flexibility index (Phi) is 2.18. The molecular weight excluding hydrogens is 192 g/mol. The zero-order chi connectivity index (χ0) is 11.3. The number of ether oxygens (including phenoxy) is 1. The molecule has 0 amide bonds. The van der Waals surface area contributed by atoms with E-state index >= 15 is 0 Å². The molecule has 2 saturated carbocycles. The zero-order valence-corrected chi connectivity index (χ0v) is 9.58. The van der Waals surface area contributed by atoms with Gasteiger partial charge >= 0.3 is 0 Å². The Bertz CT molecular complexity index is 308. The topological polar surface area (TPSA) is 43.4 Å². The summed E-state index contributed by atoms with van der Waals surface area (Å²) in [4.78, 5) is 22.4. The second-order valence-electron chi connectivity index (χ2n) is 5.60. The van der Waals surface area contributed by atoms with E-state index in [4.69, 9.17) is 4.74 Å². The van der Waals surface area contributed by atoms with E-state index in [1.165, 1.54) is 0 Å². The fourth-order valence-electron chi connectivity index (χ4n) is 3.61. The molecule has 84 valence electrons. The molecule has 0 N–H and O–H groups in total. The van der Waals surface area contributed by atoms with E-state index in [1.54, 1.807) is 0 Å². The van der Waals surface area contributed by atoms with Gasteiger partial charge in [-0.3, -0.25) is 9.59 Å². The van der Waals surface area contributed by atoms with Gasteiger partial charge in [0.25, 0.3) is 6.47 Å². The van der Waals surface area contributed by atoms with Crippen molar-refractivity contribution in [3.8, 4) is 0 Å². The van der Waals surface area contributed by atoms with Crippen molar-refractivity contribution in [1.29, 1.82) is 0 Å². The smallest absolute Gasteiger partial charge is 0.293 e. The molecule has 0 unspecified atom stereocenters. The molecule has 0 aliphatic heterocycles. The molecule has 0 saturated heterocycles. The van der Waals surface area contributed by atoms with Crippen LogP contribution >= 0.6 is 0 Å². The fraction of sp³-hybridized carbons (Fsp3) is 0.833. The van der Waals surface area contributed by atoms with Gasteiger partial charge in [-0.1, -0.05) is 20.8 Å². The zero-order valence-electron chi connectivity index (χ0n) is 9.58. The number of hydrogen-bond donors (Lipinski definition) is 0. The molecule has 2 bridgehead atoms. The standard InChI is InChI=1S/C12H18O3/c1-11(2)9-4-5-12(11,3)10(14)8(9)6-15-7-13/h7-9H,4-6H2,1-3H3/t8-,9-,12+/m0/s1. The Morgan fingerprint density at radius 1 is 1.47 bits per heavy atom. The summed E-state index contributed by atoms with van der Waals surface area (Å²) in [5.74, 6) is 0.615. The third-order valence-corrected chi connectivity index (χ3v) is 5.01. The van der Waals surface area contributed by atoms with Gasteiger partial charge in [0, 0.05) is 5.41 Å². The highest BCUT2D eigenvalue weighted by molar-refractivity contribution is 5.91. The summed E-state index contributed by atoms with van der Waals surface area (Å²) < 4.78 is 4.78. The van der Waals surface area contributed by atoms with Gasteiger partial charge in [0.15, 0.2) is 0 Å². The summed E-state index contributed by atoms with van der Waals surface area (Å²) in [5, 5.41) is 0. The summed E-state index contributed by atoms with van der Waals surface area (Å²) in [5.41, 5.74) is -0.143. The van der Waals surface area contributed by atoms with E-state index in [9.17, 15) is 9.59 Å². The number of rotatable bonds is 3. The molecule has 2 rings (SSSR count). The molecule has 15 heavy (non-hydrogen) atoms. The number of carbonyl (C=O) groups excluding carboxylic acids is 2. The molecule has 3 atom stereocenters. The number of ketones is 1. The van der Waals surface area contributed by atoms with Crippen LogP contribution in [-0.4, -0.2) is 18.9 Å². The van der Waals surface area contributed by atoms with Crippen LogP contribution in [0.1, 0.15) is 33.6 Å². The monoisotopic (exact) mass is 210 g/mol. The summed E-state index contributed by atoms with van der Waals surface area (Å²) in [7, 11) is 0. The molecule has 0 spiro atoms. The highest BCUT2D eigenvalue weighted by Crippen LogP contribution is 2.65. The normalized spacial score (nSPS) is 41.9. The third kappa shape index (κ3) is 1.12. The van der Waals surface area contributed by atoms with Gasteiger partial charge in [-0.25, -0.2) is 0 Å². The Hall–Kier alpha value is -0.860. The maximum Gasteiger partial charge on any atom is 0.293 e. The van der Waals surface area contributed by atoms with Crippen LogP contribution in [0.3, 0.4) is 0 Å². The minimum atomic E-state index is -0.200. The molecule has 2 fully saturated rings. The number of fused-ring (bicyclic) bond motifs is 2. The first-order chi connectivity index (χ1) is 6.95. The maximum absolute atomic E-state index is 12.2. The molecule has 0 heterocycles. The van der Waals surface area contributed by atoms with Crippen LogP contribution < -0.4 is 0 Å². The van der Waals surface area contributed by atoms with Crippen molar-refractivity contribution in [3.63, 3.8) is 0 Å². The van der Waals surface area contributed by atoms with Gasteiger partial charge < -0.3 is 4.74 Å². The largest absolute Gasteiger partial charge is 0.467 e. The van der Waals surface area contributed by atoms with Gasteiger partial charge in [-0.15, -0.1) is 0 Å². The Morgan fingerprint density at radius 2 is 2.13 bits per heavy atom. The highest BCUT2D eigenvalue weighted by atomic mass is 16.5. The molecule has 0 aromatic carbocycles. The Morgan fingerprint density at radius 3 is 2.60 bits per heavy atom. The summed E-state index contributed by atoms with van der Waals surface area (Å²) in [6, 6.07) is 0. The van der Waals surface area contributed by atoms with Crippen molar-refractivity contribution in [2.75, 3.05) is 6.61 Å². The van der Waals surface area contributed by atoms with Gasteiger partial charge in [-0.2, -0.15) is 0 Å². The lowest BCUT2D eigenvalue weighted by Gasteiger charge is -2.32. The van der Waals surface area contributed by atoms with Crippen LogP contribution in [0.4, 0.5) is 0 Å². The number of Topliss-reactive ketones (excluding diaryl/α,β-unsaturated/α-hetero) is 1. The second kappa shape index (κ2) is 3.06. The number of hydrogen-bond acceptors (Lipinski definition) is 3. The van der Waals surface area contributed by atoms with Crippen molar-refractivity contribution in [3.05, 3.63) is 0 Å². The van der Waals surface area contributed by atoms with Crippen molar-refractivity contribution in [2.24, 2.45) is 22.7 Å². The quantitative estimate of drug-likeness (QED) is 0.667. The lowest BCUT2D eigenvalue weighted by molar-refractivity contribution is -0.137. The van der Waals surface area contributed by atoms with Gasteiger partial charge in [0.05, 0.1) is 5.92 Å². The fourth-order valence-corrected chi connectivity index (χ4v) is 3.61. The van der Waals surface area contributed by atoms with Crippen molar-refractivity contribution in [2.45, 2.75) is 33.6 Å². The van der Waals surface area contributed by atoms with E-state index in [1.807, 2.05) is 0 Å². The first kappa shape index (κ1) is 10.7. The molecule has 3 heteroatoms. The van der Waals surface area contributed by atoms with E-state index in [-0.39, 0.29) is 23.4 Å². The van der Waals surface area contributed by atoms with E-state index < -0.39 is 0 Å². The van der Waals surface area contributed by atoms with Crippen LogP contribution in [0, 0.1) is 22.7 Å². The van der Waals surface area contributed by atoms with E-state index in [0.717, 1.165) is 12.8 Å². The van der Waals surface area contributed by atoms with Crippen LogP contribution in [0.5, 0.6) is 0 Å². The van der Waals surface area contributed by atoms with Gasteiger partial charge in [0.1, 0.15) is 12.4 Å². The molecule has 0 aromatic heterocycles. The summed E-state index contributed by atoms with van der Waals surface area (Å²) >= 11 is 0.